The molecule has 15 heavy (non-hydrogen) atoms. The van der Waals surface area contributed by atoms with Crippen molar-refractivity contribution in [3.8, 4) is 0 Å². The number of rotatable bonds is 3. The number of aryl methyl sites for hydroxylation is 1. The van der Waals surface area contributed by atoms with E-state index in [1.165, 1.54) is 0 Å². The van der Waals surface area contributed by atoms with Gasteiger partial charge in [0.05, 0.1) is 0 Å². The molecule has 1 aromatic rings. The summed E-state index contributed by atoms with van der Waals surface area (Å²) in [5, 5.41) is 9.71. The van der Waals surface area contributed by atoms with E-state index >= 15 is 0 Å². The molecule has 0 spiro atoms. The molecule has 1 aromatic heterocycles. The molecular weight excluding hydrogens is 190 g/mol. The highest BCUT2D eigenvalue weighted by Gasteiger charge is 2.19. The lowest BCUT2D eigenvalue weighted by molar-refractivity contribution is -0.119. The molecule has 0 atom stereocenters. The average molecular weight is 205 g/mol. The summed E-state index contributed by atoms with van der Waals surface area (Å²) in [5.41, 5.74) is 1.04. The van der Waals surface area contributed by atoms with Crippen molar-refractivity contribution in [3.05, 3.63) is 23.9 Å². The molecule has 4 heteroatoms. The summed E-state index contributed by atoms with van der Waals surface area (Å²) >= 11 is 0. The SMILES string of the molecule is CCc1cc(NC(=O)C2CC=CC2)n[nH]1. The number of H-pyrrole nitrogens is 1. The van der Waals surface area contributed by atoms with Gasteiger partial charge in [0.15, 0.2) is 5.82 Å². The number of nitrogens with one attached hydrogen (secondary N) is 2. The first-order valence-corrected chi connectivity index (χ1v) is 5.29. The molecule has 0 bridgehead atoms. The zero-order chi connectivity index (χ0) is 10.7. The Morgan fingerprint density at radius 1 is 1.60 bits per heavy atom. The van der Waals surface area contributed by atoms with E-state index in [0.717, 1.165) is 25.0 Å². The fraction of sp³-hybridized carbons (Fsp3) is 0.455. The lowest BCUT2D eigenvalue weighted by Crippen LogP contribution is -2.20. The highest BCUT2D eigenvalue weighted by molar-refractivity contribution is 5.92. The standard InChI is InChI=1S/C11H15N3O/c1-2-9-7-10(14-13-9)12-11(15)8-5-3-4-6-8/h3-4,7-8H,2,5-6H2,1H3,(H2,12,13,14,15). The summed E-state index contributed by atoms with van der Waals surface area (Å²) in [6, 6.07) is 1.88. The van der Waals surface area contributed by atoms with Crippen molar-refractivity contribution in [3.63, 3.8) is 0 Å². The Morgan fingerprint density at radius 2 is 2.33 bits per heavy atom. The van der Waals surface area contributed by atoms with Gasteiger partial charge in [0.2, 0.25) is 5.91 Å². The summed E-state index contributed by atoms with van der Waals surface area (Å²) in [6.45, 7) is 2.04. The predicted octanol–water partition coefficient (Wildman–Crippen LogP) is 1.88. The third-order valence-corrected chi connectivity index (χ3v) is 2.64. The lowest BCUT2D eigenvalue weighted by Gasteiger charge is -2.07. The van der Waals surface area contributed by atoms with Crippen LogP contribution in [0.15, 0.2) is 18.2 Å². The van der Waals surface area contributed by atoms with Gasteiger partial charge < -0.3 is 5.32 Å². The Morgan fingerprint density at radius 3 is 2.93 bits per heavy atom. The molecule has 80 valence electrons. The van der Waals surface area contributed by atoms with Crippen LogP contribution < -0.4 is 5.32 Å². The second-order valence-corrected chi connectivity index (χ2v) is 3.76. The predicted molar refractivity (Wildman–Crippen MR) is 58.5 cm³/mol. The summed E-state index contributed by atoms with van der Waals surface area (Å²) in [6.07, 6.45) is 6.68. The Bertz CT molecular complexity index is 373. The number of amides is 1. The Kier molecular flexibility index (Phi) is 2.85. The topological polar surface area (TPSA) is 57.8 Å². The Hall–Kier alpha value is -1.58. The molecule has 0 saturated heterocycles. The molecule has 1 aliphatic rings. The lowest BCUT2D eigenvalue weighted by atomic mass is 10.1. The van der Waals surface area contributed by atoms with E-state index in [1.54, 1.807) is 0 Å². The van der Waals surface area contributed by atoms with Crippen LogP contribution in [0.5, 0.6) is 0 Å². The van der Waals surface area contributed by atoms with Crippen molar-refractivity contribution in [2.24, 2.45) is 5.92 Å². The number of carbonyl (C=O) groups excluding carboxylic acids is 1. The van der Waals surface area contributed by atoms with Crippen molar-refractivity contribution in [2.75, 3.05) is 5.32 Å². The Labute approximate surface area is 88.8 Å². The van der Waals surface area contributed by atoms with Gasteiger partial charge in [0.1, 0.15) is 0 Å². The van der Waals surface area contributed by atoms with Crippen LogP contribution in [-0.4, -0.2) is 16.1 Å². The first kappa shape index (κ1) is 9.96. The summed E-state index contributed by atoms with van der Waals surface area (Å²) in [7, 11) is 0. The van der Waals surface area contributed by atoms with E-state index in [-0.39, 0.29) is 11.8 Å². The minimum atomic E-state index is 0.0640. The number of aromatic nitrogens is 2. The van der Waals surface area contributed by atoms with E-state index in [9.17, 15) is 4.79 Å². The second-order valence-electron chi connectivity index (χ2n) is 3.76. The number of nitrogens with zero attached hydrogens (tertiary/aromatic N) is 1. The molecule has 2 N–H and O–H groups in total. The number of carbonyl (C=O) groups is 1. The monoisotopic (exact) mass is 205 g/mol. The van der Waals surface area contributed by atoms with Crippen molar-refractivity contribution >= 4 is 11.7 Å². The van der Waals surface area contributed by atoms with E-state index in [2.05, 4.69) is 15.5 Å². The van der Waals surface area contributed by atoms with Crippen LogP contribution in [0.3, 0.4) is 0 Å². The zero-order valence-corrected chi connectivity index (χ0v) is 8.79. The first-order chi connectivity index (χ1) is 7.29. The zero-order valence-electron chi connectivity index (χ0n) is 8.79. The van der Waals surface area contributed by atoms with Crippen molar-refractivity contribution < 1.29 is 4.79 Å². The summed E-state index contributed by atoms with van der Waals surface area (Å²) in [4.78, 5) is 11.7. The van der Waals surface area contributed by atoms with Gasteiger partial charge in [-0.3, -0.25) is 9.89 Å². The first-order valence-electron chi connectivity index (χ1n) is 5.29. The maximum Gasteiger partial charge on any atom is 0.229 e. The minimum absolute atomic E-state index is 0.0640. The van der Waals surface area contributed by atoms with Crippen LogP contribution in [0.4, 0.5) is 5.82 Å². The number of anilines is 1. The van der Waals surface area contributed by atoms with Crippen molar-refractivity contribution in [1.82, 2.24) is 10.2 Å². The molecule has 0 saturated carbocycles. The van der Waals surface area contributed by atoms with Gasteiger partial charge in [-0.1, -0.05) is 19.1 Å². The van der Waals surface area contributed by atoms with Crippen LogP contribution in [0.2, 0.25) is 0 Å². The van der Waals surface area contributed by atoms with Crippen LogP contribution in [0.25, 0.3) is 0 Å². The smallest absolute Gasteiger partial charge is 0.229 e. The molecule has 1 heterocycles. The number of hydrogen-bond donors (Lipinski definition) is 2. The number of hydrogen-bond acceptors (Lipinski definition) is 2. The molecule has 2 rings (SSSR count). The van der Waals surface area contributed by atoms with E-state index < -0.39 is 0 Å². The van der Waals surface area contributed by atoms with Crippen LogP contribution in [-0.2, 0) is 11.2 Å². The largest absolute Gasteiger partial charge is 0.309 e. The third kappa shape index (κ3) is 2.26. The number of allylic oxidation sites excluding steroid dienone is 2. The van der Waals surface area contributed by atoms with Gasteiger partial charge in [0, 0.05) is 17.7 Å². The van der Waals surface area contributed by atoms with Crippen LogP contribution in [0.1, 0.15) is 25.5 Å². The highest BCUT2D eigenvalue weighted by Crippen LogP contribution is 2.19. The van der Waals surface area contributed by atoms with Gasteiger partial charge >= 0.3 is 0 Å². The molecule has 0 radical (unpaired) electrons. The fourth-order valence-electron chi connectivity index (χ4n) is 1.67. The fourth-order valence-corrected chi connectivity index (χ4v) is 1.67. The normalized spacial score (nSPS) is 15.8. The van der Waals surface area contributed by atoms with Crippen LogP contribution >= 0.6 is 0 Å². The molecule has 0 aromatic carbocycles. The van der Waals surface area contributed by atoms with Gasteiger partial charge in [0.25, 0.3) is 0 Å². The molecule has 0 fully saturated rings. The van der Waals surface area contributed by atoms with E-state index in [4.69, 9.17) is 0 Å². The molecule has 4 nitrogen and oxygen atoms in total. The van der Waals surface area contributed by atoms with E-state index in [1.807, 2.05) is 25.1 Å². The maximum absolute atomic E-state index is 11.7. The van der Waals surface area contributed by atoms with Gasteiger partial charge in [-0.15, -0.1) is 0 Å². The highest BCUT2D eigenvalue weighted by atomic mass is 16.1. The quantitative estimate of drug-likeness (QED) is 0.740. The Balaban J connectivity index is 1.93. The molecular formula is C11H15N3O. The maximum atomic E-state index is 11.7. The average Bonchev–Trinajstić information content (AvgIpc) is 2.87. The molecule has 1 amide bonds. The van der Waals surface area contributed by atoms with E-state index in [0.29, 0.717) is 5.82 Å². The molecule has 1 aliphatic carbocycles. The van der Waals surface area contributed by atoms with Gasteiger partial charge in [-0.05, 0) is 19.3 Å². The number of aromatic amines is 1. The second kappa shape index (κ2) is 4.29. The van der Waals surface area contributed by atoms with Gasteiger partial charge in [-0.25, -0.2) is 0 Å². The van der Waals surface area contributed by atoms with Crippen molar-refractivity contribution in [1.29, 1.82) is 0 Å². The van der Waals surface area contributed by atoms with Crippen LogP contribution in [0, 0.1) is 5.92 Å². The molecule has 0 unspecified atom stereocenters. The minimum Gasteiger partial charge on any atom is -0.309 e. The van der Waals surface area contributed by atoms with Gasteiger partial charge in [-0.2, -0.15) is 5.10 Å². The molecule has 0 aliphatic heterocycles. The van der Waals surface area contributed by atoms with Crippen molar-refractivity contribution in [2.45, 2.75) is 26.2 Å². The summed E-state index contributed by atoms with van der Waals surface area (Å²) in [5.74, 6) is 0.782. The third-order valence-electron chi connectivity index (χ3n) is 2.64. The summed E-state index contributed by atoms with van der Waals surface area (Å²) < 4.78 is 0.